The Morgan fingerprint density at radius 3 is 2.00 bits per heavy atom. The van der Waals surface area contributed by atoms with Crippen LogP contribution in [0.3, 0.4) is 0 Å². The second-order valence-corrected chi connectivity index (χ2v) is 6.51. The largest absolute Gasteiger partial charge is 0.338 e. The Kier molecular flexibility index (Phi) is 5.08. The number of nitrogens with zero attached hydrogens (tertiary/aromatic N) is 2. The van der Waals surface area contributed by atoms with Crippen molar-refractivity contribution in [1.82, 2.24) is 15.5 Å². The zero-order valence-electron chi connectivity index (χ0n) is 15.2. The standard InChI is InChI=1S/C23H21N3O/c1-17-12-14-20(15-13-17)23-25-21(27-26-23)16-24-22(18-8-4-2-5-9-18)19-10-6-3-7-11-19/h2-15,22,24H,16H2,1H3. The van der Waals surface area contributed by atoms with E-state index in [4.69, 9.17) is 4.52 Å². The summed E-state index contributed by atoms with van der Waals surface area (Å²) in [6.07, 6.45) is 0. The van der Waals surface area contributed by atoms with Gasteiger partial charge in [-0.2, -0.15) is 4.98 Å². The van der Waals surface area contributed by atoms with Crippen molar-refractivity contribution in [3.63, 3.8) is 0 Å². The molecule has 4 rings (SSSR count). The smallest absolute Gasteiger partial charge is 0.240 e. The first-order chi connectivity index (χ1) is 13.3. The molecular formula is C23H21N3O. The summed E-state index contributed by atoms with van der Waals surface area (Å²) in [7, 11) is 0. The van der Waals surface area contributed by atoms with Crippen LogP contribution in [-0.4, -0.2) is 10.1 Å². The molecule has 0 saturated heterocycles. The molecule has 1 N–H and O–H groups in total. The molecule has 4 nitrogen and oxygen atoms in total. The Hall–Kier alpha value is -3.24. The fourth-order valence-corrected chi connectivity index (χ4v) is 3.06. The molecule has 27 heavy (non-hydrogen) atoms. The molecule has 0 saturated carbocycles. The Bertz CT molecular complexity index is 940. The number of hydrogen-bond acceptors (Lipinski definition) is 4. The minimum atomic E-state index is 0.0575. The quantitative estimate of drug-likeness (QED) is 0.533. The SMILES string of the molecule is Cc1ccc(-c2noc(CNC(c3ccccc3)c3ccccc3)n2)cc1. The van der Waals surface area contributed by atoms with Gasteiger partial charge in [-0.25, -0.2) is 0 Å². The number of rotatable bonds is 6. The van der Waals surface area contributed by atoms with Crippen molar-refractivity contribution in [2.75, 3.05) is 0 Å². The number of aromatic nitrogens is 2. The molecule has 0 spiro atoms. The highest BCUT2D eigenvalue weighted by Gasteiger charge is 2.15. The Balaban J connectivity index is 1.52. The number of hydrogen-bond donors (Lipinski definition) is 1. The van der Waals surface area contributed by atoms with Crippen LogP contribution in [0.15, 0.2) is 89.5 Å². The first-order valence-electron chi connectivity index (χ1n) is 9.02. The second-order valence-electron chi connectivity index (χ2n) is 6.51. The summed E-state index contributed by atoms with van der Waals surface area (Å²) in [5.74, 6) is 1.19. The van der Waals surface area contributed by atoms with Gasteiger partial charge in [0.05, 0.1) is 12.6 Å². The molecule has 0 aliphatic heterocycles. The Labute approximate surface area is 158 Å². The van der Waals surface area contributed by atoms with E-state index in [1.54, 1.807) is 0 Å². The van der Waals surface area contributed by atoms with Crippen molar-refractivity contribution in [2.45, 2.75) is 19.5 Å². The molecule has 0 fully saturated rings. The van der Waals surface area contributed by atoms with E-state index >= 15 is 0 Å². The maximum atomic E-state index is 5.45. The maximum absolute atomic E-state index is 5.45. The van der Waals surface area contributed by atoms with Crippen LogP contribution in [0, 0.1) is 6.92 Å². The van der Waals surface area contributed by atoms with E-state index in [0.717, 1.165) is 5.56 Å². The molecule has 0 radical (unpaired) electrons. The van der Waals surface area contributed by atoms with E-state index in [9.17, 15) is 0 Å². The highest BCUT2D eigenvalue weighted by atomic mass is 16.5. The Morgan fingerprint density at radius 2 is 1.41 bits per heavy atom. The third-order valence-corrected chi connectivity index (χ3v) is 4.50. The van der Waals surface area contributed by atoms with Gasteiger partial charge in [0.25, 0.3) is 0 Å². The van der Waals surface area contributed by atoms with Crippen LogP contribution in [0.4, 0.5) is 0 Å². The van der Waals surface area contributed by atoms with Gasteiger partial charge in [-0.3, -0.25) is 5.32 Å². The monoisotopic (exact) mass is 355 g/mol. The van der Waals surface area contributed by atoms with Crippen LogP contribution in [-0.2, 0) is 6.54 Å². The molecule has 0 bridgehead atoms. The first kappa shape index (κ1) is 17.2. The summed E-state index contributed by atoms with van der Waals surface area (Å²) in [5, 5.41) is 7.66. The summed E-state index contributed by atoms with van der Waals surface area (Å²) in [6.45, 7) is 2.55. The van der Waals surface area contributed by atoms with Gasteiger partial charge in [-0.1, -0.05) is 95.6 Å². The fraction of sp³-hybridized carbons (Fsp3) is 0.130. The van der Waals surface area contributed by atoms with Gasteiger partial charge >= 0.3 is 0 Å². The molecular weight excluding hydrogens is 334 g/mol. The van der Waals surface area contributed by atoms with Crippen LogP contribution in [0.25, 0.3) is 11.4 Å². The fourth-order valence-electron chi connectivity index (χ4n) is 3.06. The average molecular weight is 355 g/mol. The van der Waals surface area contributed by atoms with Crippen molar-refractivity contribution in [2.24, 2.45) is 0 Å². The first-order valence-corrected chi connectivity index (χ1v) is 9.02. The van der Waals surface area contributed by atoms with Crippen LogP contribution >= 0.6 is 0 Å². The van der Waals surface area contributed by atoms with Crippen LogP contribution in [0.2, 0.25) is 0 Å². The lowest BCUT2D eigenvalue weighted by Crippen LogP contribution is -2.22. The lowest BCUT2D eigenvalue weighted by molar-refractivity contribution is 0.363. The van der Waals surface area contributed by atoms with Gasteiger partial charge in [0.1, 0.15) is 0 Å². The van der Waals surface area contributed by atoms with Gasteiger partial charge in [0, 0.05) is 5.56 Å². The molecule has 1 heterocycles. The highest BCUT2D eigenvalue weighted by molar-refractivity contribution is 5.54. The predicted molar refractivity (Wildman–Crippen MR) is 106 cm³/mol. The van der Waals surface area contributed by atoms with Crippen LogP contribution in [0.1, 0.15) is 28.6 Å². The van der Waals surface area contributed by atoms with Crippen molar-refractivity contribution in [3.8, 4) is 11.4 Å². The third-order valence-electron chi connectivity index (χ3n) is 4.50. The van der Waals surface area contributed by atoms with Crippen molar-refractivity contribution < 1.29 is 4.52 Å². The van der Waals surface area contributed by atoms with Gasteiger partial charge in [-0.05, 0) is 18.1 Å². The molecule has 0 aliphatic carbocycles. The van der Waals surface area contributed by atoms with E-state index in [-0.39, 0.29) is 6.04 Å². The minimum absolute atomic E-state index is 0.0575. The molecule has 0 amide bonds. The third kappa shape index (κ3) is 4.13. The average Bonchev–Trinajstić information content (AvgIpc) is 3.19. The molecule has 134 valence electrons. The molecule has 3 aromatic carbocycles. The zero-order valence-corrected chi connectivity index (χ0v) is 15.2. The molecule has 4 heteroatoms. The molecule has 0 aliphatic rings. The summed E-state index contributed by atoms with van der Waals surface area (Å²) < 4.78 is 5.45. The second kappa shape index (κ2) is 7.98. The van der Waals surface area contributed by atoms with Gasteiger partial charge in [0.2, 0.25) is 11.7 Å². The zero-order chi connectivity index (χ0) is 18.5. The van der Waals surface area contributed by atoms with E-state index in [0.29, 0.717) is 18.3 Å². The minimum Gasteiger partial charge on any atom is -0.338 e. The highest BCUT2D eigenvalue weighted by Crippen LogP contribution is 2.22. The normalized spacial score (nSPS) is 11.0. The topological polar surface area (TPSA) is 51.0 Å². The lowest BCUT2D eigenvalue weighted by Gasteiger charge is -2.18. The number of nitrogens with one attached hydrogen (secondary N) is 1. The molecule has 1 aromatic heterocycles. The Morgan fingerprint density at radius 1 is 0.815 bits per heavy atom. The summed E-state index contributed by atoms with van der Waals surface area (Å²) in [4.78, 5) is 4.53. The van der Waals surface area contributed by atoms with Gasteiger partial charge < -0.3 is 4.52 Å². The molecule has 0 atom stereocenters. The summed E-state index contributed by atoms with van der Waals surface area (Å²) >= 11 is 0. The predicted octanol–water partition coefficient (Wildman–Crippen LogP) is 4.92. The maximum Gasteiger partial charge on any atom is 0.240 e. The summed E-state index contributed by atoms with van der Waals surface area (Å²) in [6, 6.07) is 28.9. The van der Waals surface area contributed by atoms with Crippen molar-refractivity contribution >= 4 is 0 Å². The van der Waals surface area contributed by atoms with Crippen LogP contribution in [0.5, 0.6) is 0 Å². The number of aryl methyl sites for hydroxylation is 1. The van der Waals surface area contributed by atoms with Crippen molar-refractivity contribution in [3.05, 3.63) is 108 Å². The molecule has 4 aromatic rings. The van der Waals surface area contributed by atoms with Gasteiger partial charge in [-0.15, -0.1) is 0 Å². The van der Waals surface area contributed by atoms with Crippen molar-refractivity contribution in [1.29, 1.82) is 0 Å². The van der Waals surface area contributed by atoms with E-state index in [2.05, 4.69) is 70.9 Å². The van der Waals surface area contributed by atoms with E-state index in [1.165, 1.54) is 16.7 Å². The summed E-state index contributed by atoms with van der Waals surface area (Å²) in [5.41, 5.74) is 4.56. The molecule has 0 unspecified atom stereocenters. The van der Waals surface area contributed by atoms with E-state index < -0.39 is 0 Å². The van der Waals surface area contributed by atoms with Crippen LogP contribution < -0.4 is 5.32 Å². The number of benzene rings is 3. The van der Waals surface area contributed by atoms with E-state index in [1.807, 2.05) is 36.4 Å². The van der Waals surface area contributed by atoms with Gasteiger partial charge in [0.15, 0.2) is 0 Å². The lowest BCUT2D eigenvalue weighted by atomic mass is 9.99.